The molecule has 0 saturated heterocycles. The smallest absolute Gasteiger partial charge is 0.164 e. The summed E-state index contributed by atoms with van der Waals surface area (Å²) in [6.07, 6.45) is 0. The van der Waals surface area contributed by atoms with Crippen molar-refractivity contribution in [2.75, 3.05) is 0 Å². The molecule has 2 aromatic heterocycles. The Morgan fingerprint density at radius 3 is 1.80 bits per heavy atom. The second-order valence-electron chi connectivity index (χ2n) is 12.4. The van der Waals surface area contributed by atoms with E-state index in [4.69, 9.17) is 19.4 Å². The zero-order chi connectivity index (χ0) is 32.3. The van der Waals surface area contributed by atoms with E-state index in [0.717, 1.165) is 60.5 Å². The number of aromatic nitrogens is 3. The zero-order valence-corrected chi connectivity index (χ0v) is 26.3. The molecule has 8 aromatic carbocycles. The van der Waals surface area contributed by atoms with Crippen molar-refractivity contribution in [2.45, 2.75) is 0 Å². The lowest BCUT2D eigenvalue weighted by Gasteiger charge is -2.12. The van der Waals surface area contributed by atoms with E-state index in [2.05, 4.69) is 121 Å². The van der Waals surface area contributed by atoms with Crippen molar-refractivity contribution in [1.82, 2.24) is 15.0 Å². The number of fused-ring (bicyclic) bond motifs is 7. The van der Waals surface area contributed by atoms with Crippen LogP contribution in [0.4, 0.5) is 0 Å². The maximum Gasteiger partial charge on any atom is 0.164 e. The second kappa shape index (κ2) is 11.0. The first-order valence-corrected chi connectivity index (χ1v) is 16.4. The molecule has 49 heavy (non-hydrogen) atoms. The normalized spacial score (nSPS) is 11.7. The van der Waals surface area contributed by atoms with Crippen LogP contribution < -0.4 is 0 Å². The second-order valence-corrected chi connectivity index (χ2v) is 12.4. The Morgan fingerprint density at radius 2 is 0.939 bits per heavy atom. The quantitative estimate of drug-likeness (QED) is 0.183. The Labute approximate surface area is 282 Å². The molecular formula is C45H27N3O. The molecule has 228 valence electrons. The molecule has 0 amide bonds. The highest BCUT2D eigenvalue weighted by Crippen LogP contribution is 2.37. The van der Waals surface area contributed by atoms with Crippen molar-refractivity contribution in [3.63, 3.8) is 0 Å². The molecular weight excluding hydrogens is 599 g/mol. The van der Waals surface area contributed by atoms with Crippen molar-refractivity contribution >= 4 is 54.3 Å². The number of hydrogen-bond acceptors (Lipinski definition) is 4. The fourth-order valence-electron chi connectivity index (χ4n) is 7.05. The largest absolute Gasteiger partial charge is 0.456 e. The lowest BCUT2D eigenvalue weighted by Crippen LogP contribution is -2.00. The SMILES string of the molecule is c1ccc(-c2nc(-c3ccc4oc5cc(-c6ccc7ccccc7c6)ccc5c4c3)nc(-c3cc4ccccc4c4ccccc34)n2)cc1. The van der Waals surface area contributed by atoms with Crippen LogP contribution >= 0.6 is 0 Å². The van der Waals surface area contributed by atoms with Crippen LogP contribution in [0.5, 0.6) is 0 Å². The number of rotatable bonds is 4. The number of benzene rings is 8. The molecule has 0 bridgehead atoms. The van der Waals surface area contributed by atoms with Gasteiger partial charge in [0.2, 0.25) is 0 Å². The minimum atomic E-state index is 0.616. The average Bonchev–Trinajstić information content (AvgIpc) is 3.55. The molecule has 0 unspecified atom stereocenters. The van der Waals surface area contributed by atoms with Crippen LogP contribution in [0.15, 0.2) is 168 Å². The molecule has 0 aliphatic rings. The minimum absolute atomic E-state index is 0.616. The number of nitrogens with zero attached hydrogens (tertiary/aromatic N) is 3. The first kappa shape index (κ1) is 27.5. The molecule has 0 atom stereocenters. The van der Waals surface area contributed by atoms with Gasteiger partial charge in [-0.1, -0.05) is 121 Å². The Morgan fingerprint density at radius 1 is 0.306 bits per heavy atom. The lowest BCUT2D eigenvalue weighted by molar-refractivity contribution is 0.669. The summed E-state index contributed by atoms with van der Waals surface area (Å²) in [4.78, 5) is 15.3. The van der Waals surface area contributed by atoms with Gasteiger partial charge in [-0.05, 0) is 85.9 Å². The maximum absolute atomic E-state index is 6.41. The van der Waals surface area contributed by atoms with E-state index in [1.54, 1.807) is 0 Å². The Kier molecular flexibility index (Phi) is 6.15. The summed E-state index contributed by atoms with van der Waals surface area (Å²) in [6, 6.07) is 57.0. The van der Waals surface area contributed by atoms with E-state index >= 15 is 0 Å². The predicted octanol–water partition coefficient (Wildman–Crippen LogP) is 11.9. The van der Waals surface area contributed by atoms with Crippen LogP contribution in [0.1, 0.15) is 0 Å². The highest BCUT2D eigenvalue weighted by atomic mass is 16.3. The topological polar surface area (TPSA) is 51.8 Å². The Bertz CT molecular complexity index is 2890. The third-order valence-corrected chi connectivity index (χ3v) is 9.49. The van der Waals surface area contributed by atoms with Crippen LogP contribution in [0.3, 0.4) is 0 Å². The van der Waals surface area contributed by atoms with E-state index in [1.165, 1.54) is 21.5 Å². The summed E-state index contributed by atoms with van der Waals surface area (Å²) in [7, 11) is 0. The predicted molar refractivity (Wildman–Crippen MR) is 201 cm³/mol. The lowest BCUT2D eigenvalue weighted by atomic mass is 9.97. The fraction of sp³-hybridized carbons (Fsp3) is 0. The summed E-state index contributed by atoms with van der Waals surface area (Å²) < 4.78 is 6.41. The van der Waals surface area contributed by atoms with Gasteiger partial charge in [0, 0.05) is 27.5 Å². The molecule has 0 aliphatic heterocycles. The highest BCUT2D eigenvalue weighted by molar-refractivity contribution is 6.13. The summed E-state index contributed by atoms with van der Waals surface area (Å²) in [5.74, 6) is 1.89. The van der Waals surface area contributed by atoms with Gasteiger partial charge < -0.3 is 4.42 Å². The molecule has 0 radical (unpaired) electrons. The van der Waals surface area contributed by atoms with E-state index < -0.39 is 0 Å². The number of furan rings is 1. The molecule has 4 heteroatoms. The van der Waals surface area contributed by atoms with Crippen LogP contribution in [0.25, 0.3) is 99.5 Å². The van der Waals surface area contributed by atoms with Gasteiger partial charge in [-0.25, -0.2) is 15.0 Å². The van der Waals surface area contributed by atoms with Crippen molar-refractivity contribution in [3.8, 4) is 45.3 Å². The zero-order valence-electron chi connectivity index (χ0n) is 26.3. The van der Waals surface area contributed by atoms with Gasteiger partial charge in [-0.2, -0.15) is 0 Å². The molecule has 0 N–H and O–H groups in total. The summed E-state index contributed by atoms with van der Waals surface area (Å²) in [5, 5.41) is 9.17. The van der Waals surface area contributed by atoms with E-state index in [9.17, 15) is 0 Å². The van der Waals surface area contributed by atoms with Gasteiger partial charge >= 0.3 is 0 Å². The summed E-state index contributed by atoms with van der Waals surface area (Å²) >= 11 is 0. The maximum atomic E-state index is 6.41. The van der Waals surface area contributed by atoms with Gasteiger partial charge in [0.15, 0.2) is 17.5 Å². The van der Waals surface area contributed by atoms with E-state index in [1.807, 2.05) is 42.5 Å². The Hall–Kier alpha value is -6.65. The highest BCUT2D eigenvalue weighted by Gasteiger charge is 2.17. The monoisotopic (exact) mass is 625 g/mol. The number of hydrogen-bond donors (Lipinski definition) is 0. The summed E-state index contributed by atoms with van der Waals surface area (Å²) in [5.41, 5.74) is 6.78. The van der Waals surface area contributed by atoms with Crippen LogP contribution in [-0.2, 0) is 0 Å². The molecule has 0 fully saturated rings. The minimum Gasteiger partial charge on any atom is -0.456 e. The van der Waals surface area contributed by atoms with Crippen LogP contribution in [-0.4, -0.2) is 15.0 Å². The van der Waals surface area contributed by atoms with Gasteiger partial charge in [0.1, 0.15) is 11.2 Å². The van der Waals surface area contributed by atoms with E-state index in [-0.39, 0.29) is 0 Å². The van der Waals surface area contributed by atoms with E-state index in [0.29, 0.717) is 17.5 Å². The fourth-order valence-corrected chi connectivity index (χ4v) is 7.05. The average molecular weight is 626 g/mol. The van der Waals surface area contributed by atoms with Crippen molar-refractivity contribution in [3.05, 3.63) is 164 Å². The van der Waals surface area contributed by atoms with Gasteiger partial charge in [0.25, 0.3) is 0 Å². The van der Waals surface area contributed by atoms with Crippen LogP contribution in [0, 0.1) is 0 Å². The first-order chi connectivity index (χ1) is 24.2. The molecule has 0 saturated carbocycles. The molecule has 0 spiro atoms. The molecule has 10 aromatic rings. The van der Waals surface area contributed by atoms with Crippen molar-refractivity contribution in [2.24, 2.45) is 0 Å². The van der Waals surface area contributed by atoms with Crippen molar-refractivity contribution in [1.29, 1.82) is 0 Å². The molecule has 2 heterocycles. The third kappa shape index (κ3) is 4.65. The standard InChI is InChI=1S/C45H27N3O/c1-2-11-29(12-3-1)43-46-44(48-45(47-43)40-25-33-14-6-7-15-35(33)36-16-8-9-17-37(36)40)34-21-23-41-39(26-34)38-22-20-32(27-42(38)49-41)31-19-18-28-10-4-5-13-30(28)24-31/h1-27H. The van der Waals surface area contributed by atoms with Crippen LogP contribution in [0.2, 0.25) is 0 Å². The Balaban J connectivity index is 1.14. The molecule has 10 rings (SSSR count). The van der Waals surface area contributed by atoms with Crippen molar-refractivity contribution < 1.29 is 4.42 Å². The molecule has 4 nitrogen and oxygen atoms in total. The van der Waals surface area contributed by atoms with Gasteiger partial charge in [-0.3, -0.25) is 0 Å². The van der Waals surface area contributed by atoms with Gasteiger partial charge in [-0.15, -0.1) is 0 Å². The molecule has 0 aliphatic carbocycles. The van der Waals surface area contributed by atoms with Gasteiger partial charge in [0.05, 0.1) is 0 Å². The third-order valence-electron chi connectivity index (χ3n) is 9.49. The summed E-state index contributed by atoms with van der Waals surface area (Å²) in [6.45, 7) is 0. The first-order valence-electron chi connectivity index (χ1n) is 16.4.